The summed E-state index contributed by atoms with van der Waals surface area (Å²) in [4.78, 5) is 25.7. The maximum atomic E-state index is 13.0. The Morgan fingerprint density at radius 2 is 1.89 bits per heavy atom. The largest absolute Gasteiger partial charge is 0.478 e. The summed E-state index contributed by atoms with van der Waals surface area (Å²) in [6.45, 7) is 11.2. The van der Waals surface area contributed by atoms with Crippen molar-refractivity contribution >= 4 is 27.6 Å². The molecule has 1 saturated carbocycles. The van der Waals surface area contributed by atoms with Crippen LogP contribution in [0.1, 0.15) is 56.0 Å². The molecule has 8 nitrogen and oxygen atoms in total. The molecule has 0 spiro atoms. The fourth-order valence-corrected chi connectivity index (χ4v) is 6.37. The van der Waals surface area contributed by atoms with Crippen LogP contribution in [-0.4, -0.2) is 49.6 Å². The van der Waals surface area contributed by atoms with Gasteiger partial charge in [0, 0.05) is 18.8 Å². The molecule has 2 aromatic rings. The van der Waals surface area contributed by atoms with Crippen molar-refractivity contribution in [2.75, 3.05) is 17.9 Å². The van der Waals surface area contributed by atoms with E-state index in [-0.39, 0.29) is 29.1 Å². The number of ether oxygens (including phenoxy) is 1. The van der Waals surface area contributed by atoms with Crippen LogP contribution in [0.5, 0.6) is 0 Å². The van der Waals surface area contributed by atoms with Crippen LogP contribution in [0, 0.1) is 17.8 Å². The van der Waals surface area contributed by atoms with Crippen molar-refractivity contribution < 1.29 is 27.9 Å². The van der Waals surface area contributed by atoms with Gasteiger partial charge in [0.25, 0.3) is 10.0 Å². The molecule has 0 saturated heterocycles. The van der Waals surface area contributed by atoms with Gasteiger partial charge in [0.2, 0.25) is 5.91 Å². The first-order valence-electron chi connectivity index (χ1n) is 13.0. The zero-order valence-corrected chi connectivity index (χ0v) is 23.1. The molecule has 1 fully saturated rings. The molecule has 3 rings (SSSR count). The second-order valence-corrected chi connectivity index (χ2v) is 12.0. The van der Waals surface area contributed by atoms with Gasteiger partial charge < -0.3 is 14.7 Å². The molecule has 1 amide bonds. The van der Waals surface area contributed by atoms with Crippen LogP contribution in [0.2, 0.25) is 0 Å². The topological polar surface area (TPSA) is 113 Å². The minimum absolute atomic E-state index is 0.0156. The van der Waals surface area contributed by atoms with E-state index < -0.39 is 16.0 Å². The Bertz CT molecular complexity index is 1230. The van der Waals surface area contributed by atoms with Crippen molar-refractivity contribution in [2.24, 2.45) is 17.8 Å². The monoisotopic (exact) mass is 542 g/mol. The second kappa shape index (κ2) is 13.1. The van der Waals surface area contributed by atoms with Gasteiger partial charge in [-0.1, -0.05) is 57.9 Å². The highest BCUT2D eigenvalue weighted by molar-refractivity contribution is 7.92. The predicted molar refractivity (Wildman–Crippen MR) is 147 cm³/mol. The number of carbonyl (C=O) groups excluding carboxylic acids is 1. The van der Waals surface area contributed by atoms with E-state index in [1.165, 1.54) is 24.6 Å². The van der Waals surface area contributed by atoms with Gasteiger partial charge in [-0.15, -0.1) is 6.58 Å². The summed E-state index contributed by atoms with van der Waals surface area (Å²) < 4.78 is 34.1. The molecular formula is C29H38N2O6S. The molecule has 9 heteroatoms. The first kappa shape index (κ1) is 29.4. The Labute approximate surface area is 225 Å². The molecular weight excluding hydrogens is 504 g/mol. The van der Waals surface area contributed by atoms with Crippen molar-refractivity contribution in [1.29, 1.82) is 0 Å². The minimum Gasteiger partial charge on any atom is -0.478 e. The lowest BCUT2D eigenvalue weighted by Crippen LogP contribution is -2.40. The predicted octanol–water partition coefficient (Wildman–Crippen LogP) is 5.18. The van der Waals surface area contributed by atoms with E-state index in [2.05, 4.69) is 32.1 Å². The molecule has 0 aromatic heterocycles. The van der Waals surface area contributed by atoms with Crippen LogP contribution in [-0.2, 0) is 26.1 Å². The number of nitrogens with zero attached hydrogens (tertiary/aromatic N) is 1. The summed E-state index contributed by atoms with van der Waals surface area (Å²) in [6.07, 6.45) is 5.03. The number of rotatable bonds is 12. The van der Waals surface area contributed by atoms with Crippen LogP contribution in [0.25, 0.3) is 0 Å². The number of carboxylic acids is 1. The summed E-state index contributed by atoms with van der Waals surface area (Å²) in [6, 6.07) is 11.9. The van der Waals surface area contributed by atoms with Gasteiger partial charge in [0.1, 0.15) is 6.61 Å². The van der Waals surface area contributed by atoms with Crippen LogP contribution >= 0.6 is 0 Å². The number of carbonyl (C=O) groups is 2. The van der Waals surface area contributed by atoms with Gasteiger partial charge in [0.05, 0.1) is 16.6 Å². The van der Waals surface area contributed by atoms with Crippen LogP contribution < -0.4 is 4.72 Å². The fourth-order valence-electron chi connectivity index (χ4n) is 5.26. The lowest BCUT2D eigenvalue weighted by molar-refractivity contribution is -0.142. The van der Waals surface area contributed by atoms with E-state index in [0.717, 1.165) is 24.5 Å². The van der Waals surface area contributed by atoms with Gasteiger partial charge in [-0.05, 0) is 60.1 Å². The number of hydrogen-bond acceptors (Lipinski definition) is 5. The van der Waals surface area contributed by atoms with Gasteiger partial charge in [-0.25, -0.2) is 13.2 Å². The number of anilines is 1. The third-order valence-electron chi connectivity index (χ3n) is 7.10. The molecule has 2 N–H and O–H groups in total. The Morgan fingerprint density at radius 3 is 2.53 bits per heavy atom. The maximum Gasteiger partial charge on any atom is 0.335 e. The lowest BCUT2D eigenvalue weighted by Gasteiger charge is -2.39. The molecule has 0 aliphatic heterocycles. The first-order chi connectivity index (χ1) is 18.0. The number of amides is 1. The number of sulfonamides is 1. The molecule has 0 heterocycles. The summed E-state index contributed by atoms with van der Waals surface area (Å²) in [5.74, 6) is 0.182. The molecule has 3 unspecified atom stereocenters. The van der Waals surface area contributed by atoms with Gasteiger partial charge in [-0.2, -0.15) is 0 Å². The smallest absolute Gasteiger partial charge is 0.335 e. The quantitative estimate of drug-likeness (QED) is 0.358. The molecule has 1 aliphatic carbocycles. The van der Waals surface area contributed by atoms with Crippen molar-refractivity contribution in [3.05, 3.63) is 72.3 Å². The average Bonchev–Trinajstić information content (AvgIpc) is 2.87. The van der Waals surface area contributed by atoms with Crippen LogP contribution in [0.3, 0.4) is 0 Å². The third kappa shape index (κ3) is 7.68. The molecule has 2 aromatic carbocycles. The van der Waals surface area contributed by atoms with E-state index in [0.29, 0.717) is 36.5 Å². The number of carboxylic acid groups (broad SMARTS) is 1. The fraction of sp³-hybridized carbons (Fsp3) is 0.448. The molecule has 38 heavy (non-hydrogen) atoms. The highest BCUT2D eigenvalue weighted by atomic mass is 32.2. The Morgan fingerprint density at radius 1 is 1.18 bits per heavy atom. The molecule has 0 radical (unpaired) electrons. The summed E-state index contributed by atoms with van der Waals surface area (Å²) in [5.41, 5.74) is 1.03. The SMILES string of the molecule is C=CCN(Cc1ccc(NS(=O)(=O)c2cccc(C(=O)O)c2)cc1)C(=O)COC1CCCC(C)C1C(C)C. The standard InChI is InChI=1S/C29H38N2O6S/c1-5-16-31(27(32)19-37-26-11-6-8-21(4)28(26)20(2)3)18-22-12-14-24(15-13-22)30-38(35,36)25-10-7-9-23(17-25)29(33)34/h5,7,9-10,12-15,17,20-21,26,28,30H,1,6,8,11,16,18-19H2,2-4H3,(H,33,34). The van der Waals surface area contributed by atoms with Gasteiger partial charge >= 0.3 is 5.97 Å². The van der Waals surface area contributed by atoms with Crippen molar-refractivity contribution in [2.45, 2.75) is 57.6 Å². The van der Waals surface area contributed by atoms with Crippen molar-refractivity contribution in [3.8, 4) is 0 Å². The van der Waals surface area contributed by atoms with Crippen LogP contribution in [0.4, 0.5) is 5.69 Å². The number of aromatic carboxylic acids is 1. The lowest BCUT2D eigenvalue weighted by atomic mass is 9.72. The first-order valence-corrected chi connectivity index (χ1v) is 14.5. The third-order valence-corrected chi connectivity index (χ3v) is 8.48. The minimum atomic E-state index is -3.97. The normalized spacial score (nSPS) is 19.6. The highest BCUT2D eigenvalue weighted by Gasteiger charge is 2.34. The average molecular weight is 543 g/mol. The highest BCUT2D eigenvalue weighted by Crippen LogP contribution is 2.36. The maximum absolute atomic E-state index is 13.0. The molecule has 0 bridgehead atoms. The van der Waals surface area contributed by atoms with E-state index >= 15 is 0 Å². The zero-order chi connectivity index (χ0) is 27.9. The van der Waals surface area contributed by atoms with Gasteiger partial charge in [0.15, 0.2) is 0 Å². The van der Waals surface area contributed by atoms with E-state index in [1.807, 2.05) is 0 Å². The molecule has 1 aliphatic rings. The molecule has 3 atom stereocenters. The number of nitrogens with one attached hydrogen (secondary N) is 1. The van der Waals surface area contributed by atoms with Crippen LogP contribution in [0.15, 0.2) is 66.1 Å². The Kier molecular flexibility index (Phi) is 10.1. The zero-order valence-electron chi connectivity index (χ0n) is 22.3. The molecule has 206 valence electrons. The van der Waals surface area contributed by atoms with Gasteiger partial charge in [-0.3, -0.25) is 9.52 Å². The summed E-state index contributed by atoms with van der Waals surface area (Å²) in [7, 11) is -3.97. The van der Waals surface area contributed by atoms with E-state index in [9.17, 15) is 18.0 Å². The number of benzene rings is 2. The Hall–Kier alpha value is -3.17. The summed E-state index contributed by atoms with van der Waals surface area (Å²) in [5, 5.41) is 9.13. The van der Waals surface area contributed by atoms with Crippen molar-refractivity contribution in [3.63, 3.8) is 0 Å². The second-order valence-electron chi connectivity index (χ2n) is 10.3. The van der Waals surface area contributed by atoms with E-state index in [4.69, 9.17) is 9.84 Å². The van der Waals surface area contributed by atoms with E-state index in [1.54, 1.807) is 35.2 Å². The number of hydrogen-bond donors (Lipinski definition) is 2. The van der Waals surface area contributed by atoms with Crippen molar-refractivity contribution in [1.82, 2.24) is 4.90 Å². The Balaban J connectivity index is 1.63. The summed E-state index contributed by atoms with van der Waals surface area (Å²) >= 11 is 0.